The van der Waals surface area contributed by atoms with Crippen LogP contribution in [0.25, 0.3) is 0 Å². The molecule has 2 fully saturated rings. The molecular weight excluding hydrogens is 240 g/mol. The third-order valence-corrected chi connectivity index (χ3v) is 4.83. The highest BCUT2D eigenvalue weighted by atomic mass is 16.5. The van der Waals surface area contributed by atoms with Gasteiger partial charge in [0.05, 0.1) is 25.0 Å². The van der Waals surface area contributed by atoms with E-state index in [4.69, 9.17) is 10.6 Å². The van der Waals surface area contributed by atoms with Crippen LogP contribution in [0.15, 0.2) is 6.20 Å². The predicted octanol–water partition coefficient (Wildman–Crippen LogP) is 1.85. The van der Waals surface area contributed by atoms with Gasteiger partial charge in [0.15, 0.2) is 5.75 Å². The topological polar surface area (TPSA) is 65.1 Å². The number of ether oxygens (including phenoxy) is 1. The van der Waals surface area contributed by atoms with E-state index in [0.717, 1.165) is 36.2 Å². The van der Waals surface area contributed by atoms with Crippen molar-refractivity contribution >= 4 is 0 Å². The van der Waals surface area contributed by atoms with Crippen LogP contribution in [0.5, 0.6) is 5.75 Å². The van der Waals surface area contributed by atoms with Crippen LogP contribution in [-0.4, -0.2) is 16.9 Å². The molecule has 0 amide bonds. The number of methoxy groups -OCH3 is 1. The second kappa shape index (κ2) is 5.13. The standard InChI is InChI=1S/C14H24N4O/c1-3-7-18-14(11(19-2)8-16-18)13(17-15)12-9-5-4-6-10(9)12/h8-10,12-13,17H,3-7,15H2,1-2H3. The van der Waals surface area contributed by atoms with E-state index >= 15 is 0 Å². The summed E-state index contributed by atoms with van der Waals surface area (Å²) in [5.41, 5.74) is 4.16. The van der Waals surface area contributed by atoms with Gasteiger partial charge in [-0.2, -0.15) is 5.10 Å². The minimum absolute atomic E-state index is 0.180. The zero-order valence-electron chi connectivity index (χ0n) is 11.8. The van der Waals surface area contributed by atoms with Crippen LogP contribution in [0.2, 0.25) is 0 Å². The molecule has 106 valence electrons. The van der Waals surface area contributed by atoms with Gasteiger partial charge in [0.2, 0.25) is 0 Å². The molecule has 3 N–H and O–H groups in total. The summed E-state index contributed by atoms with van der Waals surface area (Å²) in [6, 6.07) is 0.180. The molecule has 3 unspecified atom stereocenters. The Kier molecular flexibility index (Phi) is 3.50. The van der Waals surface area contributed by atoms with Crippen LogP contribution in [0, 0.1) is 17.8 Å². The zero-order valence-corrected chi connectivity index (χ0v) is 11.8. The first kappa shape index (κ1) is 12.9. The Morgan fingerprint density at radius 3 is 2.84 bits per heavy atom. The van der Waals surface area contributed by atoms with Crippen molar-refractivity contribution in [3.63, 3.8) is 0 Å². The summed E-state index contributed by atoms with van der Waals surface area (Å²) in [4.78, 5) is 0. The first-order chi connectivity index (χ1) is 9.31. The van der Waals surface area contributed by atoms with Crippen molar-refractivity contribution in [3.05, 3.63) is 11.9 Å². The van der Waals surface area contributed by atoms with Gasteiger partial charge in [0.1, 0.15) is 0 Å². The summed E-state index contributed by atoms with van der Waals surface area (Å²) in [5.74, 6) is 9.09. The molecule has 0 spiro atoms. The molecule has 5 heteroatoms. The number of hydrazine groups is 1. The van der Waals surface area contributed by atoms with Crippen molar-refractivity contribution in [1.29, 1.82) is 0 Å². The third kappa shape index (κ3) is 2.05. The first-order valence-corrected chi connectivity index (χ1v) is 7.37. The summed E-state index contributed by atoms with van der Waals surface area (Å²) in [6.45, 7) is 3.08. The lowest BCUT2D eigenvalue weighted by Gasteiger charge is -2.20. The Balaban J connectivity index is 1.87. The van der Waals surface area contributed by atoms with E-state index in [2.05, 4.69) is 22.1 Å². The molecule has 2 saturated carbocycles. The Morgan fingerprint density at radius 2 is 2.26 bits per heavy atom. The SMILES string of the molecule is CCCn1ncc(OC)c1C(NN)C1C2CCCC21. The summed E-state index contributed by atoms with van der Waals surface area (Å²) < 4.78 is 7.53. The fourth-order valence-electron chi connectivity index (χ4n) is 3.98. The Bertz CT molecular complexity index is 435. The van der Waals surface area contributed by atoms with E-state index in [9.17, 15) is 0 Å². The van der Waals surface area contributed by atoms with Gasteiger partial charge in [-0.3, -0.25) is 16.0 Å². The van der Waals surface area contributed by atoms with E-state index in [0.29, 0.717) is 5.92 Å². The maximum atomic E-state index is 5.85. The van der Waals surface area contributed by atoms with E-state index in [1.54, 1.807) is 7.11 Å². The zero-order chi connectivity index (χ0) is 13.4. The molecule has 5 nitrogen and oxygen atoms in total. The van der Waals surface area contributed by atoms with Crippen molar-refractivity contribution in [3.8, 4) is 5.75 Å². The van der Waals surface area contributed by atoms with Crippen molar-refractivity contribution in [2.24, 2.45) is 23.6 Å². The minimum Gasteiger partial charge on any atom is -0.493 e. The van der Waals surface area contributed by atoms with Crippen LogP contribution in [-0.2, 0) is 6.54 Å². The predicted molar refractivity (Wildman–Crippen MR) is 73.5 cm³/mol. The van der Waals surface area contributed by atoms with Gasteiger partial charge in [-0.1, -0.05) is 13.3 Å². The van der Waals surface area contributed by atoms with Crippen molar-refractivity contribution in [2.45, 2.75) is 45.2 Å². The summed E-state index contributed by atoms with van der Waals surface area (Å²) in [5, 5.41) is 4.45. The highest BCUT2D eigenvalue weighted by Gasteiger charge is 2.57. The fraction of sp³-hybridized carbons (Fsp3) is 0.786. The van der Waals surface area contributed by atoms with Crippen LogP contribution in [0.3, 0.4) is 0 Å². The molecule has 2 aliphatic rings. The maximum absolute atomic E-state index is 5.85. The second-order valence-corrected chi connectivity index (χ2v) is 5.80. The van der Waals surface area contributed by atoms with Crippen molar-refractivity contribution in [2.75, 3.05) is 7.11 Å². The van der Waals surface area contributed by atoms with Crippen molar-refractivity contribution in [1.82, 2.24) is 15.2 Å². The molecule has 3 atom stereocenters. The first-order valence-electron chi connectivity index (χ1n) is 7.37. The summed E-state index contributed by atoms with van der Waals surface area (Å²) in [7, 11) is 1.71. The number of aromatic nitrogens is 2. The van der Waals surface area contributed by atoms with Gasteiger partial charge in [-0.25, -0.2) is 0 Å². The van der Waals surface area contributed by atoms with E-state index in [1.165, 1.54) is 19.3 Å². The van der Waals surface area contributed by atoms with Crippen LogP contribution >= 0.6 is 0 Å². The van der Waals surface area contributed by atoms with Crippen LogP contribution < -0.4 is 16.0 Å². The number of hydrogen-bond acceptors (Lipinski definition) is 4. The molecule has 1 aromatic heterocycles. The van der Waals surface area contributed by atoms with E-state index < -0.39 is 0 Å². The molecule has 0 saturated heterocycles. The molecule has 19 heavy (non-hydrogen) atoms. The summed E-state index contributed by atoms with van der Waals surface area (Å²) >= 11 is 0. The molecule has 0 bridgehead atoms. The van der Waals surface area contributed by atoms with Gasteiger partial charge in [0, 0.05) is 6.54 Å². The average Bonchev–Trinajstić information content (AvgIpc) is 2.82. The molecule has 1 aromatic rings. The Morgan fingerprint density at radius 1 is 1.53 bits per heavy atom. The lowest BCUT2D eigenvalue weighted by atomic mass is 10.0. The maximum Gasteiger partial charge on any atom is 0.161 e. The highest BCUT2D eigenvalue weighted by Crippen LogP contribution is 2.62. The van der Waals surface area contributed by atoms with Crippen LogP contribution in [0.1, 0.15) is 44.3 Å². The number of fused-ring (bicyclic) bond motifs is 1. The molecule has 0 aromatic carbocycles. The molecular formula is C14H24N4O. The largest absolute Gasteiger partial charge is 0.493 e. The number of nitrogens with two attached hydrogens (primary N) is 1. The molecule has 3 rings (SSSR count). The normalized spacial score (nSPS) is 30.2. The van der Waals surface area contributed by atoms with Gasteiger partial charge in [-0.05, 0) is 37.0 Å². The van der Waals surface area contributed by atoms with Gasteiger partial charge < -0.3 is 4.74 Å². The Labute approximate surface area is 114 Å². The molecule has 1 heterocycles. The lowest BCUT2D eigenvalue weighted by Crippen LogP contribution is -2.33. The Hall–Kier alpha value is -1.07. The third-order valence-electron chi connectivity index (χ3n) is 4.83. The lowest BCUT2D eigenvalue weighted by molar-refractivity contribution is 0.359. The van der Waals surface area contributed by atoms with Gasteiger partial charge >= 0.3 is 0 Å². The minimum atomic E-state index is 0.180. The number of nitrogens with one attached hydrogen (secondary N) is 1. The number of nitrogens with zero attached hydrogens (tertiary/aromatic N) is 2. The van der Waals surface area contributed by atoms with Gasteiger partial charge in [0.25, 0.3) is 0 Å². The number of rotatable bonds is 6. The van der Waals surface area contributed by atoms with Crippen LogP contribution in [0.4, 0.5) is 0 Å². The fourth-order valence-corrected chi connectivity index (χ4v) is 3.98. The molecule has 0 radical (unpaired) electrons. The summed E-state index contributed by atoms with van der Waals surface area (Å²) in [6.07, 6.45) is 6.98. The van der Waals surface area contributed by atoms with E-state index in [-0.39, 0.29) is 6.04 Å². The number of hydrogen-bond donors (Lipinski definition) is 2. The molecule has 2 aliphatic carbocycles. The monoisotopic (exact) mass is 264 g/mol. The van der Waals surface area contributed by atoms with Crippen molar-refractivity contribution < 1.29 is 4.74 Å². The smallest absolute Gasteiger partial charge is 0.161 e. The van der Waals surface area contributed by atoms with Gasteiger partial charge in [-0.15, -0.1) is 0 Å². The average molecular weight is 264 g/mol. The second-order valence-electron chi connectivity index (χ2n) is 5.80. The number of aryl methyl sites for hydroxylation is 1. The quantitative estimate of drug-likeness (QED) is 0.608. The highest BCUT2D eigenvalue weighted by molar-refractivity contribution is 5.31. The van der Waals surface area contributed by atoms with E-state index in [1.807, 2.05) is 6.20 Å². The molecule has 0 aliphatic heterocycles.